The van der Waals surface area contributed by atoms with Gasteiger partial charge in [-0.25, -0.2) is 5.14 Å². The van der Waals surface area contributed by atoms with E-state index in [0.717, 1.165) is 13.1 Å². The van der Waals surface area contributed by atoms with Crippen molar-refractivity contribution in [1.82, 2.24) is 9.62 Å². The number of hydrogen-bond donors (Lipinski definition) is 2. The van der Waals surface area contributed by atoms with E-state index in [9.17, 15) is 8.42 Å². The predicted molar refractivity (Wildman–Crippen MR) is 53.7 cm³/mol. The zero-order valence-corrected chi connectivity index (χ0v) is 9.34. The van der Waals surface area contributed by atoms with Crippen molar-refractivity contribution in [3.8, 4) is 0 Å². The minimum Gasteiger partial charge on any atom is -0.316 e. The summed E-state index contributed by atoms with van der Waals surface area (Å²) in [5.74, 6) is 0.809. The summed E-state index contributed by atoms with van der Waals surface area (Å²) in [4.78, 5) is 0. The van der Waals surface area contributed by atoms with Crippen LogP contribution in [0.1, 0.15) is 13.8 Å². The fraction of sp³-hybridized carbons (Fsp3) is 1.00. The number of nitrogens with one attached hydrogen (secondary N) is 1. The van der Waals surface area contributed by atoms with Crippen LogP contribution in [0, 0.1) is 11.8 Å². The lowest BCUT2D eigenvalue weighted by Crippen LogP contribution is -2.50. The lowest BCUT2D eigenvalue weighted by Gasteiger charge is -2.33. The summed E-state index contributed by atoms with van der Waals surface area (Å²) in [5, 5.41) is 8.49. The van der Waals surface area contributed by atoms with Gasteiger partial charge in [-0.15, -0.1) is 0 Å². The van der Waals surface area contributed by atoms with Gasteiger partial charge in [0, 0.05) is 18.6 Å². The topological polar surface area (TPSA) is 75.4 Å². The molecule has 0 aliphatic carbocycles. The van der Waals surface area contributed by atoms with Crippen molar-refractivity contribution in [2.24, 2.45) is 17.0 Å². The lowest BCUT2D eigenvalue weighted by molar-refractivity contribution is 0.233. The Kier molecular flexibility index (Phi) is 2.15. The van der Waals surface area contributed by atoms with Crippen LogP contribution in [0.25, 0.3) is 0 Å². The van der Waals surface area contributed by atoms with Crippen LogP contribution < -0.4 is 10.5 Å². The Morgan fingerprint density at radius 2 is 2.07 bits per heavy atom. The van der Waals surface area contributed by atoms with Gasteiger partial charge in [0.2, 0.25) is 0 Å². The molecule has 2 fully saturated rings. The van der Waals surface area contributed by atoms with Crippen molar-refractivity contribution < 1.29 is 8.42 Å². The van der Waals surface area contributed by atoms with E-state index in [1.165, 1.54) is 4.31 Å². The second-order valence-electron chi connectivity index (χ2n) is 4.75. The second-order valence-corrected chi connectivity index (χ2v) is 6.23. The molecule has 2 saturated heterocycles. The van der Waals surface area contributed by atoms with Crippen molar-refractivity contribution in [3.05, 3.63) is 0 Å². The van der Waals surface area contributed by atoms with E-state index in [1.54, 1.807) is 0 Å². The molecule has 0 aromatic carbocycles. The smallest absolute Gasteiger partial charge is 0.277 e. The van der Waals surface area contributed by atoms with E-state index in [2.05, 4.69) is 5.32 Å². The Hall–Kier alpha value is -0.170. The van der Waals surface area contributed by atoms with Gasteiger partial charge in [-0.1, -0.05) is 0 Å². The molecular formula is C8H17N3O2S. The molecule has 2 rings (SSSR count). The van der Waals surface area contributed by atoms with Gasteiger partial charge in [-0.05, 0) is 32.2 Å². The van der Waals surface area contributed by atoms with Crippen molar-refractivity contribution in [1.29, 1.82) is 0 Å². The first-order chi connectivity index (χ1) is 6.33. The molecule has 5 nitrogen and oxygen atoms in total. The number of fused-ring (bicyclic) bond motifs is 1. The van der Waals surface area contributed by atoms with Crippen LogP contribution >= 0.6 is 0 Å². The number of rotatable bonds is 1. The average Bonchev–Trinajstić information content (AvgIpc) is 2.51. The minimum absolute atomic E-state index is 0.345. The van der Waals surface area contributed by atoms with Gasteiger partial charge >= 0.3 is 0 Å². The van der Waals surface area contributed by atoms with Crippen molar-refractivity contribution in [2.75, 3.05) is 19.6 Å². The molecule has 6 heteroatoms. The molecule has 2 aliphatic heterocycles. The number of nitrogens with zero attached hydrogens (tertiary/aromatic N) is 1. The maximum Gasteiger partial charge on any atom is 0.277 e. The lowest BCUT2D eigenvalue weighted by atomic mass is 9.85. The second kappa shape index (κ2) is 2.91. The molecule has 2 aliphatic rings. The summed E-state index contributed by atoms with van der Waals surface area (Å²) < 4.78 is 24.2. The molecule has 3 N–H and O–H groups in total. The highest BCUT2D eigenvalue weighted by atomic mass is 32.2. The SMILES string of the molecule is CC1(C)C2CNCC2CN1S(N)(=O)=O. The van der Waals surface area contributed by atoms with Crippen molar-refractivity contribution >= 4 is 10.2 Å². The monoisotopic (exact) mass is 219 g/mol. The quantitative estimate of drug-likeness (QED) is 0.601. The van der Waals surface area contributed by atoms with Crippen LogP contribution in [-0.4, -0.2) is 37.9 Å². The Bertz CT molecular complexity index is 338. The Balaban J connectivity index is 2.32. The molecule has 2 heterocycles. The summed E-state index contributed by atoms with van der Waals surface area (Å²) in [6.07, 6.45) is 0. The molecule has 0 amide bonds. The molecule has 0 bridgehead atoms. The number of nitrogens with two attached hydrogens (primary N) is 1. The van der Waals surface area contributed by atoms with Crippen LogP contribution in [0.5, 0.6) is 0 Å². The van der Waals surface area contributed by atoms with E-state index in [-0.39, 0.29) is 5.54 Å². The standard InChI is InChI=1S/C8H17N3O2S/c1-8(2)7-4-10-3-6(7)5-11(8)14(9,12)13/h6-7,10H,3-5H2,1-2H3,(H2,9,12,13). The van der Waals surface area contributed by atoms with E-state index in [0.29, 0.717) is 18.4 Å². The van der Waals surface area contributed by atoms with Gasteiger partial charge < -0.3 is 5.32 Å². The molecule has 0 saturated carbocycles. The van der Waals surface area contributed by atoms with Crippen LogP contribution in [0.2, 0.25) is 0 Å². The van der Waals surface area contributed by atoms with Crippen LogP contribution in [0.15, 0.2) is 0 Å². The number of hydrogen-bond acceptors (Lipinski definition) is 3. The Morgan fingerprint density at radius 1 is 1.43 bits per heavy atom. The fourth-order valence-corrected chi connectivity index (χ4v) is 4.01. The summed E-state index contributed by atoms with van der Waals surface area (Å²) >= 11 is 0. The summed E-state index contributed by atoms with van der Waals surface area (Å²) in [6.45, 7) is 6.26. The van der Waals surface area contributed by atoms with Gasteiger partial charge in [0.15, 0.2) is 0 Å². The first-order valence-electron chi connectivity index (χ1n) is 4.85. The van der Waals surface area contributed by atoms with E-state index in [4.69, 9.17) is 5.14 Å². The summed E-state index contributed by atoms with van der Waals surface area (Å²) in [5.41, 5.74) is -0.345. The molecule has 0 spiro atoms. The van der Waals surface area contributed by atoms with Crippen LogP contribution in [-0.2, 0) is 10.2 Å². The zero-order valence-electron chi connectivity index (χ0n) is 8.53. The molecular weight excluding hydrogens is 202 g/mol. The Morgan fingerprint density at radius 3 is 2.57 bits per heavy atom. The molecule has 2 unspecified atom stereocenters. The van der Waals surface area contributed by atoms with Gasteiger partial charge in [-0.2, -0.15) is 12.7 Å². The van der Waals surface area contributed by atoms with E-state index < -0.39 is 10.2 Å². The van der Waals surface area contributed by atoms with E-state index >= 15 is 0 Å². The first kappa shape index (κ1) is 10.4. The van der Waals surface area contributed by atoms with Crippen molar-refractivity contribution in [2.45, 2.75) is 19.4 Å². The van der Waals surface area contributed by atoms with Crippen molar-refractivity contribution in [3.63, 3.8) is 0 Å². The predicted octanol–water partition coefficient (Wildman–Crippen LogP) is -0.880. The molecule has 2 atom stereocenters. The van der Waals surface area contributed by atoms with E-state index in [1.807, 2.05) is 13.8 Å². The molecule has 14 heavy (non-hydrogen) atoms. The third kappa shape index (κ3) is 1.37. The van der Waals surface area contributed by atoms with Gasteiger partial charge in [0.25, 0.3) is 10.2 Å². The molecule has 0 radical (unpaired) electrons. The van der Waals surface area contributed by atoms with Crippen LogP contribution in [0.3, 0.4) is 0 Å². The first-order valence-corrected chi connectivity index (χ1v) is 6.35. The molecule has 82 valence electrons. The Labute approximate surface area is 84.8 Å². The minimum atomic E-state index is -3.55. The van der Waals surface area contributed by atoms with Crippen LogP contribution in [0.4, 0.5) is 0 Å². The molecule has 0 aromatic rings. The normalized spacial score (nSPS) is 37.4. The highest BCUT2D eigenvalue weighted by Gasteiger charge is 2.53. The maximum atomic E-state index is 11.4. The zero-order chi connectivity index (χ0) is 10.6. The maximum absolute atomic E-state index is 11.4. The fourth-order valence-electron chi connectivity index (χ4n) is 2.82. The average molecular weight is 219 g/mol. The highest BCUT2D eigenvalue weighted by Crippen LogP contribution is 2.41. The summed E-state index contributed by atoms with van der Waals surface area (Å²) in [7, 11) is -3.55. The van der Waals surface area contributed by atoms with Gasteiger partial charge in [0.05, 0.1) is 0 Å². The third-order valence-electron chi connectivity index (χ3n) is 3.60. The highest BCUT2D eigenvalue weighted by molar-refractivity contribution is 7.86. The van der Waals surface area contributed by atoms with Gasteiger partial charge in [-0.3, -0.25) is 0 Å². The summed E-state index contributed by atoms with van der Waals surface area (Å²) in [6, 6.07) is 0. The largest absolute Gasteiger partial charge is 0.316 e. The third-order valence-corrected chi connectivity index (χ3v) is 4.83. The van der Waals surface area contributed by atoms with Gasteiger partial charge in [0.1, 0.15) is 0 Å². The molecule has 0 aromatic heterocycles.